The number of amides is 1. The van der Waals surface area contributed by atoms with E-state index in [1.165, 1.54) is 16.9 Å². The fourth-order valence-corrected chi connectivity index (χ4v) is 3.65. The number of benzene rings is 2. The van der Waals surface area contributed by atoms with Crippen molar-refractivity contribution in [2.75, 3.05) is 5.32 Å². The Morgan fingerprint density at radius 2 is 2.00 bits per heavy atom. The zero-order valence-corrected chi connectivity index (χ0v) is 15.4. The molecule has 0 saturated heterocycles. The molecule has 0 fully saturated rings. The van der Waals surface area contributed by atoms with Crippen LogP contribution in [0, 0.1) is 13.8 Å². The molecule has 0 aliphatic rings. The maximum absolute atomic E-state index is 12.3. The summed E-state index contributed by atoms with van der Waals surface area (Å²) in [6.45, 7) is 4.07. The van der Waals surface area contributed by atoms with Gasteiger partial charge in [-0.2, -0.15) is 0 Å². The number of anilines is 1. The van der Waals surface area contributed by atoms with E-state index >= 15 is 0 Å². The number of furan rings is 1. The SMILES string of the molecule is Cc1ccc(CC(=O)Nc2nc(-c3cc4ccccc4o3)cs2)c(C)c1. The Morgan fingerprint density at radius 1 is 1.15 bits per heavy atom. The fourth-order valence-electron chi connectivity index (χ4n) is 2.93. The maximum Gasteiger partial charge on any atom is 0.230 e. The summed E-state index contributed by atoms with van der Waals surface area (Å²) in [6.07, 6.45) is 0.339. The highest BCUT2D eigenvalue weighted by atomic mass is 32.1. The number of thiazole rings is 1. The summed E-state index contributed by atoms with van der Waals surface area (Å²) < 4.78 is 5.83. The molecule has 2 heterocycles. The lowest BCUT2D eigenvalue weighted by Gasteiger charge is -2.06. The number of aryl methyl sites for hydroxylation is 2. The van der Waals surface area contributed by atoms with Gasteiger partial charge >= 0.3 is 0 Å². The molecule has 0 saturated carbocycles. The molecule has 2 aromatic carbocycles. The Bertz CT molecular complexity index is 1060. The standard InChI is InChI=1S/C21H18N2O2S/c1-13-7-8-15(14(2)9-13)11-20(24)23-21-22-17(12-26-21)19-10-16-5-3-4-6-18(16)25-19/h3-10,12H,11H2,1-2H3,(H,22,23,24). The van der Waals surface area contributed by atoms with Gasteiger partial charge in [-0.25, -0.2) is 4.98 Å². The van der Waals surface area contributed by atoms with Crippen LogP contribution in [0.2, 0.25) is 0 Å². The molecule has 0 aliphatic heterocycles. The van der Waals surface area contributed by atoms with E-state index in [-0.39, 0.29) is 5.91 Å². The smallest absolute Gasteiger partial charge is 0.230 e. The van der Waals surface area contributed by atoms with Gasteiger partial charge in [0.15, 0.2) is 10.9 Å². The lowest BCUT2D eigenvalue weighted by molar-refractivity contribution is -0.115. The highest BCUT2D eigenvalue weighted by Crippen LogP contribution is 2.30. The monoisotopic (exact) mass is 362 g/mol. The summed E-state index contributed by atoms with van der Waals surface area (Å²) in [7, 11) is 0. The number of para-hydroxylation sites is 1. The highest BCUT2D eigenvalue weighted by Gasteiger charge is 2.12. The van der Waals surface area contributed by atoms with Gasteiger partial charge in [0, 0.05) is 10.8 Å². The number of nitrogens with zero attached hydrogens (tertiary/aromatic N) is 1. The average Bonchev–Trinajstić information content (AvgIpc) is 3.23. The zero-order chi connectivity index (χ0) is 18.1. The molecule has 0 radical (unpaired) electrons. The Labute approximate surface area is 155 Å². The third-order valence-corrected chi connectivity index (χ3v) is 5.04. The second-order valence-corrected chi connectivity index (χ2v) is 7.20. The van der Waals surface area contributed by atoms with Gasteiger partial charge < -0.3 is 9.73 Å². The Balaban J connectivity index is 1.48. The number of rotatable bonds is 4. The second-order valence-electron chi connectivity index (χ2n) is 6.34. The number of aromatic nitrogens is 1. The number of carbonyl (C=O) groups is 1. The van der Waals surface area contributed by atoms with Crippen molar-refractivity contribution in [2.45, 2.75) is 20.3 Å². The van der Waals surface area contributed by atoms with Crippen molar-refractivity contribution in [2.24, 2.45) is 0 Å². The topological polar surface area (TPSA) is 55.1 Å². The molecule has 0 unspecified atom stereocenters. The quantitative estimate of drug-likeness (QED) is 0.532. The van der Waals surface area contributed by atoms with E-state index in [0.717, 1.165) is 27.8 Å². The number of nitrogens with one attached hydrogen (secondary N) is 1. The first-order valence-electron chi connectivity index (χ1n) is 8.39. The molecule has 4 nitrogen and oxygen atoms in total. The zero-order valence-electron chi connectivity index (χ0n) is 14.6. The van der Waals surface area contributed by atoms with Gasteiger partial charge in [-0.3, -0.25) is 4.79 Å². The predicted molar refractivity (Wildman–Crippen MR) is 106 cm³/mol. The molecule has 0 atom stereocenters. The molecular formula is C21H18N2O2S. The molecule has 5 heteroatoms. The number of hydrogen-bond acceptors (Lipinski definition) is 4. The summed E-state index contributed by atoms with van der Waals surface area (Å²) in [5.41, 5.74) is 4.91. The minimum absolute atomic E-state index is 0.0672. The summed E-state index contributed by atoms with van der Waals surface area (Å²) >= 11 is 1.40. The number of carbonyl (C=O) groups excluding carboxylic acids is 1. The van der Waals surface area contributed by atoms with E-state index in [1.54, 1.807) is 0 Å². The molecule has 1 N–H and O–H groups in total. The first-order valence-corrected chi connectivity index (χ1v) is 9.27. The Morgan fingerprint density at radius 3 is 2.81 bits per heavy atom. The minimum atomic E-state index is -0.0672. The van der Waals surface area contributed by atoms with E-state index in [0.29, 0.717) is 17.3 Å². The lowest BCUT2D eigenvalue weighted by Crippen LogP contribution is -2.14. The lowest BCUT2D eigenvalue weighted by atomic mass is 10.0. The predicted octanol–water partition coefficient (Wildman–Crippen LogP) is 5.35. The van der Waals surface area contributed by atoms with Crippen LogP contribution >= 0.6 is 11.3 Å². The minimum Gasteiger partial charge on any atom is -0.454 e. The third kappa shape index (κ3) is 3.39. The molecule has 0 spiro atoms. The molecule has 4 aromatic rings. The second kappa shape index (κ2) is 6.77. The molecule has 2 aromatic heterocycles. The molecule has 0 aliphatic carbocycles. The number of fused-ring (bicyclic) bond motifs is 1. The van der Waals surface area contributed by atoms with Crippen LogP contribution in [0.3, 0.4) is 0 Å². The van der Waals surface area contributed by atoms with Crippen molar-refractivity contribution >= 4 is 33.3 Å². The molecule has 26 heavy (non-hydrogen) atoms. The van der Waals surface area contributed by atoms with Crippen LogP contribution in [0.4, 0.5) is 5.13 Å². The average molecular weight is 362 g/mol. The van der Waals surface area contributed by atoms with Gasteiger partial charge in [0.2, 0.25) is 5.91 Å². The van der Waals surface area contributed by atoms with Crippen LogP contribution in [0.15, 0.2) is 58.3 Å². The number of hydrogen-bond donors (Lipinski definition) is 1. The first-order chi connectivity index (χ1) is 12.6. The van der Waals surface area contributed by atoms with Crippen molar-refractivity contribution < 1.29 is 9.21 Å². The summed E-state index contributed by atoms with van der Waals surface area (Å²) in [4.78, 5) is 16.8. The largest absolute Gasteiger partial charge is 0.454 e. The van der Waals surface area contributed by atoms with Crippen molar-refractivity contribution in [1.82, 2.24) is 4.98 Å². The molecule has 4 rings (SSSR count). The maximum atomic E-state index is 12.3. The van der Waals surface area contributed by atoms with Crippen molar-refractivity contribution in [3.63, 3.8) is 0 Å². The third-order valence-electron chi connectivity index (χ3n) is 4.28. The van der Waals surface area contributed by atoms with E-state index in [2.05, 4.69) is 16.4 Å². The van der Waals surface area contributed by atoms with E-state index in [1.807, 2.05) is 61.7 Å². The van der Waals surface area contributed by atoms with Crippen LogP contribution in [-0.2, 0) is 11.2 Å². The van der Waals surface area contributed by atoms with Crippen LogP contribution in [0.1, 0.15) is 16.7 Å². The van der Waals surface area contributed by atoms with E-state index in [4.69, 9.17) is 4.42 Å². The molecular weight excluding hydrogens is 344 g/mol. The van der Waals surface area contributed by atoms with Crippen molar-refractivity contribution in [3.05, 3.63) is 70.6 Å². The van der Waals surface area contributed by atoms with Crippen LogP contribution < -0.4 is 5.32 Å². The molecule has 1 amide bonds. The summed E-state index contributed by atoms with van der Waals surface area (Å²) in [5, 5.41) is 6.39. The van der Waals surface area contributed by atoms with Gasteiger partial charge in [-0.1, -0.05) is 42.0 Å². The van der Waals surface area contributed by atoms with E-state index < -0.39 is 0 Å². The first kappa shape index (κ1) is 16.5. The van der Waals surface area contributed by atoms with Crippen molar-refractivity contribution in [3.8, 4) is 11.5 Å². The van der Waals surface area contributed by atoms with Gasteiger partial charge in [-0.05, 0) is 37.1 Å². The molecule has 0 bridgehead atoms. The molecule has 130 valence electrons. The highest BCUT2D eigenvalue weighted by molar-refractivity contribution is 7.14. The van der Waals surface area contributed by atoms with Crippen LogP contribution in [0.25, 0.3) is 22.4 Å². The van der Waals surface area contributed by atoms with Crippen molar-refractivity contribution in [1.29, 1.82) is 0 Å². The van der Waals surface area contributed by atoms with Crippen LogP contribution in [0.5, 0.6) is 0 Å². The Kier molecular flexibility index (Phi) is 4.31. The van der Waals surface area contributed by atoms with Gasteiger partial charge in [0.25, 0.3) is 0 Å². The van der Waals surface area contributed by atoms with Gasteiger partial charge in [0.1, 0.15) is 11.3 Å². The van der Waals surface area contributed by atoms with Gasteiger partial charge in [-0.15, -0.1) is 11.3 Å². The van der Waals surface area contributed by atoms with E-state index in [9.17, 15) is 4.79 Å². The normalized spacial score (nSPS) is 11.0. The van der Waals surface area contributed by atoms with Crippen LogP contribution in [-0.4, -0.2) is 10.9 Å². The summed E-state index contributed by atoms with van der Waals surface area (Å²) in [6, 6.07) is 15.9. The Hall–Kier alpha value is -2.92. The fraction of sp³-hybridized carbons (Fsp3) is 0.143. The summed E-state index contributed by atoms with van der Waals surface area (Å²) in [5.74, 6) is 0.639. The van der Waals surface area contributed by atoms with Gasteiger partial charge in [0.05, 0.1) is 6.42 Å².